The van der Waals surface area contributed by atoms with Crippen LogP contribution in [-0.4, -0.2) is 45.7 Å². The highest BCUT2D eigenvalue weighted by Gasteiger charge is 2.28. The van der Waals surface area contributed by atoms with E-state index in [1.54, 1.807) is 0 Å². The molecule has 0 amide bonds. The first-order valence-corrected chi connectivity index (χ1v) is 8.97. The lowest BCUT2D eigenvalue weighted by atomic mass is 9.93. The summed E-state index contributed by atoms with van der Waals surface area (Å²) in [5.74, 6) is 2.73. The lowest BCUT2D eigenvalue weighted by Crippen LogP contribution is -2.48. The van der Waals surface area contributed by atoms with Crippen molar-refractivity contribution in [3.8, 4) is 0 Å². The van der Waals surface area contributed by atoms with Crippen LogP contribution in [0.25, 0.3) is 0 Å². The van der Waals surface area contributed by atoms with Gasteiger partial charge in [0, 0.05) is 38.6 Å². The third kappa shape index (κ3) is 4.03. The average molecular weight is 344 g/mol. The van der Waals surface area contributed by atoms with E-state index < -0.39 is 0 Å². The van der Waals surface area contributed by atoms with Gasteiger partial charge in [-0.05, 0) is 18.3 Å². The van der Waals surface area contributed by atoms with Gasteiger partial charge in [0.25, 0.3) is 0 Å². The molecule has 2 atom stereocenters. The van der Waals surface area contributed by atoms with Crippen LogP contribution in [0.2, 0.25) is 0 Å². The zero-order valence-corrected chi connectivity index (χ0v) is 15.5. The van der Waals surface area contributed by atoms with Gasteiger partial charge in [-0.2, -0.15) is 0 Å². The van der Waals surface area contributed by atoms with Crippen LogP contribution in [0.1, 0.15) is 50.6 Å². The van der Waals surface area contributed by atoms with Gasteiger partial charge in [0.2, 0.25) is 0 Å². The molecule has 3 rings (SSSR count). The summed E-state index contributed by atoms with van der Waals surface area (Å²) >= 11 is 0. The van der Waals surface area contributed by atoms with Crippen molar-refractivity contribution < 1.29 is 4.52 Å². The van der Waals surface area contributed by atoms with E-state index in [0.717, 1.165) is 36.9 Å². The molecule has 1 fully saturated rings. The molecule has 1 saturated heterocycles. The van der Waals surface area contributed by atoms with Crippen molar-refractivity contribution in [3.05, 3.63) is 36.2 Å². The molecule has 0 saturated carbocycles. The second-order valence-electron chi connectivity index (χ2n) is 7.06. The first kappa shape index (κ1) is 17.5. The fraction of sp³-hybridized carbons (Fsp3) is 0.611. The van der Waals surface area contributed by atoms with Crippen molar-refractivity contribution in [1.82, 2.24) is 24.9 Å². The molecule has 0 radical (unpaired) electrons. The molecule has 2 unspecified atom stereocenters. The number of nitrogens with zero attached hydrogens (tertiary/aromatic N) is 5. The Morgan fingerprint density at radius 1 is 1.48 bits per heavy atom. The van der Waals surface area contributed by atoms with Crippen molar-refractivity contribution in [2.24, 2.45) is 10.9 Å². The number of rotatable bonds is 4. The van der Waals surface area contributed by atoms with Crippen LogP contribution >= 0.6 is 0 Å². The van der Waals surface area contributed by atoms with Crippen LogP contribution in [0.4, 0.5) is 0 Å². The molecule has 2 aromatic heterocycles. The van der Waals surface area contributed by atoms with Gasteiger partial charge in [-0.3, -0.25) is 4.99 Å². The molecule has 0 aliphatic carbocycles. The van der Waals surface area contributed by atoms with Crippen molar-refractivity contribution >= 4 is 5.96 Å². The molecule has 0 bridgehead atoms. The van der Waals surface area contributed by atoms with E-state index in [4.69, 9.17) is 4.52 Å². The molecule has 2 aromatic rings. The quantitative estimate of drug-likeness (QED) is 0.682. The Bertz CT molecular complexity index is 690. The van der Waals surface area contributed by atoms with E-state index in [0.29, 0.717) is 24.4 Å². The second kappa shape index (κ2) is 7.72. The van der Waals surface area contributed by atoms with Gasteiger partial charge in [0.05, 0.1) is 24.6 Å². The number of likely N-dealkylation sites (tertiary alicyclic amines) is 1. The van der Waals surface area contributed by atoms with E-state index in [9.17, 15) is 0 Å². The minimum atomic E-state index is 0.372. The highest BCUT2D eigenvalue weighted by Crippen LogP contribution is 2.27. The number of imidazole rings is 1. The number of guanidine groups is 1. The van der Waals surface area contributed by atoms with E-state index in [1.165, 1.54) is 0 Å². The first-order valence-electron chi connectivity index (χ1n) is 8.97. The molecule has 3 heterocycles. The fourth-order valence-corrected chi connectivity index (χ4v) is 3.28. The van der Waals surface area contributed by atoms with Gasteiger partial charge in [0.15, 0.2) is 11.7 Å². The maximum absolute atomic E-state index is 5.41. The maximum atomic E-state index is 5.41. The van der Waals surface area contributed by atoms with Gasteiger partial charge >= 0.3 is 0 Å². The molecule has 0 aromatic carbocycles. The Balaban J connectivity index is 1.62. The Labute approximate surface area is 149 Å². The number of hydrogen-bond acceptors (Lipinski definition) is 4. The number of piperidine rings is 1. The maximum Gasteiger partial charge on any atom is 0.194 e. The molecule has 7 heteroatoms. The summed E-state index contributed by atoms with van der Waals surface area (Å²) in [7, 11) is 1.83. The summed E-state index contributed by atoms with van der Waals surface area (Å²) in [5, 5.41) is 7.51. The van der Waals surface area contributed by atoms with Crippen LogP contribution in [0.5, 0.6) is 0 Å². The molecule has 1 aliphatic rings. The first-order chi connectivity index (χ1) is 12.1. The van der Waals surface area contributed by atoms with Gasteiger partial charge in [0.1, 0.15) is 0 Å². The monoisotopic (exact) mass is 344 g/mol. The predicted molar refractivity (Wildman–Crippen MR) is 97.4 cm³/mol. The van der Waals surface area contributed by atoms with Gasteiger partial charge in [-0.1, -0.05) is 25.9 Å². The van der Waals surface area contributed by atoms with Gasteiger partial charge in [-0.15, -0.1) is 0 Å². The summed E-state index contributed by atoms with van der Waals surface area (Å²) in [6, 6.07) is 2.42. The number of hydrogen-bond donors (Lipinski definition) is 1. The highest BCUT2D eigenvalue weighted by atomic mass is 16.5. The lowest BCUT2D eigenvalue weighted by Gasteiger charge is -2.39. The molecule has 136 valence electrons. The van der Waals surface area contributed by atoms with Crippen molar-refractivity contribution in [2.45, 2.75) is 45.7 Å². The molecule has 7 nitrogen and oxygen atoms in total. The summed E-state index contributed by atoms with van der Waals surface area (Å²) in [6.07, 6.45) is 6.92. The Morgan fingerprint density at radius 2 is 2.32 bits per heavy atom. The number of aromatic nitrogens is 3. The van der Waals surface area contributed by atoms with E-state index in [2.05, 4.69) is 50.7 Å². The van der Waals surface area contributed by atoms with Crippen LogP contribution in [0.15, 0.2) is 34.3 Å². The summed E-state index contributed by atoms with van der Waals surface area (Å²) in [5.41, 5.74) is 0.985. The standard InChI is InChI=1S/C18H28N6O/c1-13(2)16-9-15(25-22-16)10-21-18(19-4)23-7-5-14(3)17(11-23)24-8-6-20-12-24/h6,8-9,12-14,17H,5,7,10-11H2,1-4H3,(H,19,21). The highest BCUT2D eigenvalue weighted by molar-refractivity contribution is 5.79. The number of aliphatic imine (C=N–C) groups is 1. The normalized spacial score (nSPS) is 21.8. The van der Waals surface area contributed by atoms with Crippen LogP contribution in [-0.2, 0) is 6.54 Å². The topological polar surface area (TPSA) is 71.5 Å². The Hall–Kier alpha value is -2.31. The van der Waals surface area contributed by atoms with Gasteiger partial charge < -0.3 is 19.3 Å². The average Bonchev–Trinajstić information content (AvgIpc) is 3.28. The van der Waals surface area contributed by atoms with Gasteiger partial charge in [-0.25, -0.2) is 4.98 Å². The van der Waals surface area contributed by atoms with Crippen molar-refractivity contribution in [2.75, 3.05) is 20.1 Å². The van der Waals surface area contributed by atoms with E-state index in [-0.39, 0.29) is 0 Å². The Morgan fingerprint density at radius 3 is 2.96 bits per heavy atom. The van der Waals surface area contributed by atoms with Crippen LogP contribution in [0.3, 0.4) is 0 Å². The molecule has 25 heavy (non-hydrogen) atoms. The second-order valence-corrected chi connectivity index (χ2v) is 7.06. The minimum absolute atomic E-state index is 0.372. The molecule has 1 N–H and O–H groups in total. The predicted octanol–water partition coefficient (Wildman–Crippen LogP) is 2.65. The molecule has 0 spiro atoms. The lowest BCUT2D eigenvalue weighted by molar-refractivity contribution is 0.188. The summed E-state index contributed by atoms with van der Waals surface area (Å²) in [6.45, 7) is 9.04. The minimum Gasteiger partial charge on any atom is -0.359 e. The summed E-state index contributed by atoms with van der Waals surface area (Å²) in [4.78, 5) is 11.0. The van der Waals surface area contributed by atoms with Crippen LogP contribution < -0.4 is 5.32 Å². The fourth-order valence-electron chi connectivity index (χ4n) is 3.28. The third-order valence-electron chi connectivity index (χ3n) is 4.93. The zero-order chi connectivity index (χ0) is 17.8. The largest absolute Gasteiger partial charge is 0.359 e. The van der Waals surface area contributed by atoms with Crippen LogP contribution in [0, 0.1) is 5.92 Å². The summed E-state index contributed by atoms with van der Waals surface area (Å²) < 4.78 is 7.61. The molecular formula is C18H28N6O. The smallest absolute Gasteiger partial charge is 0.194 e. The molecule has 1 aliphatic heterocycles. The van der Waals surface area contributed by atoms with E-state index >= 15 is 0 Å². The van der Waals surface area contributed by atoms with Crippen molar-refractivity contribution in [3.63, 3.8) is 0 Å². The SMILES string of the molecule is CN=C(NCc1cc(C(C)C)no1)N1CCC(C)C(n2ccnc2)C1. The Kier molecular flexibility index (Phi) is 5.40. The van der Waals surface area contributed by atoms with E-state index in [1.807, 2.05) is 31.8 Å². The number of nitrogens with one attached hydrogen (secondary N) is 1. The third-order valence-corrected chi connectivity index (χ3v) is 4.93. The zero-order valence-electron chi connectivity index (χ0n) is 15.5. The van der Waals surface area contributed by atoms with Crippen molar-refractivity contribution in [1.29, 1.82) is 0 Å². The molecular weight excluding hydrogens is 316 g/mol.